The van der Waals surface area contributed by atoms with Crippen molar-refractivity contribution in [1.29, 1.82) is 0 Å². The van der Waals surface area contributed by atoms with Crippen molar-refractivity contribution in [2.75, 3.05) is 0 Å². The van der Waals surface area contributed by atoms with Gasteiger partial charge in [-0.05, 0) is 25.1 Å². The summed E-state index contributed by atoms with van der Waals surface area (Å²) in [4.78, 5) is 0. The van der Waals surface area contributed by atoms with Crippen molar-refractivity contribution < 1.29 is 17.6 Å². The Morgan fingerprint density at radius 3 is 2.50 bits per heavy atom. The van der Waals surface area contributed by atoms with Crippen LogP contribution < -0.4 is 0 Å². The van der Waals surface area contributed by atoms with Crippen molar-refractivity contribution in [3.8, 4) is 0 Å². The van der Waals surface area contributed by atoms with E-state index in [1.807, 2.05) is 0 Å². The molecule has 0 unspecified atom stereocenters. The Kier molecular flexibility index (Phi) is 1.80. The minimum absolute atomic E-state index is 0.275. The number of halogens is 3. The minimum atomic E-state index is -4.31. The highest BCUT2D eigenvalue weighted by Crippen LogP contribution is 2.32. The van der Waals surface area contributed by atoms with Crippen molar-refractivity contribution >= 4 is 11.0 Å². The fourth-order valence-corrected chi connectivity index (χ4v) is 1.34. The van der Waals surface area contributed by atoms with E-state index in [4.69, 9.17) is 4.42 Å². The van der Waals surface area contributed by atoms with Crippen LogP contribution in [0.1, 0.15) is 11.3 Å². The molecule has 0 atom stereocenters. The third kappa shape index (κ3) is 1.47. The Bertz CT molecular complexity index is 468. The summed E-state index contributed by atoms with van der Waals surface area (Å²) in [5.74, 6) is 0.610. The summed E-state index contributed by atoms with van der Waals surface area (Å²) in [6.45, 7) is 1.70. The van der Waals surface area contributed by atoms with Crippen LogP contribution >= 0.6 is 0 Å². The molecule has 0 saturated heterocycles. The average molecular weight is 200 g/mol. The zero-order valence-corrected chi connectivity index (χ0v) is 7.35. The van der Waals surface area contributed by atoms with Crippen molar-refractivity contribution in [2.24, 2.45) is 0 Å². The molecule has 0 amide bonds. The molecule has 0 spiro atoms. The Balaban J connectivity index is 2.62. The molecule has 1 aromatic carbocycles. The zero-order chi connectivity index (χ0) is 10.3. The summed E-state index contributed by atoms with van der Waals surface area (Å²) in [5.41, 5.74) is -0.406. The molecule has 14 heavy (non-hydrogen) atoms. The molecule has 0 aliphatic heterocycles. The zero-order valence-electron chi connectivity index (χ0n) is 7.35. The summed E-state index contributed by atoms with van der Waals surface area (Å²) in [5, 5.41) is 0.690. The standard InChI is InChI=1S/C10H7F3O/c1-6-4-7-2-3-8(10(11,12)13)5-9(7)14-6/h2-5H,1H3. The molecule has 2 aromatic rings. The lowest BCUT2D eigenvalue weighted by atomic mass is 10.1. The number of hydrogen-bond donors (Lipinski definition) is 0. The van der Waals surface area contributed by atoms with Gasteiger partial charge in [-0.15, -0.1) is 0 Å². The molecule has 0 N–H and O–H groups in total. The molecule has 2 rings (SSSR count). The van der Waals surface area contributed by atoms with Crippen LogP contribution in [-0.4, -0.2) is 0 Å². The Morgan fingerprint density at radius 2 is 1.86 bits per heavy atom. The summed E-state index contributed by atoms with van der Waals surface area (Å²) >= 11 is 0. The molecule has 0 aliphatic rings. The summed E-state index contributed by atoms with van der Waals surface area (Å²) in [6.07, 6.45) is -4.31. The van der Waals surface area contributed by atoms with Crippen LogP contribution in [0.4, 0.5) is 13.2 Å². The molecule has 1 aromatic heterocycles. The lowest BCUT2D eigenvalue weighted by molar-refractivity contribution is -0.137. The fraction of sp³-hybridized carbons (Fsp3) is 0.200. The van der Waals surface area contributed by atoms with E-state index in [1.54, 1.807) is 13.0 Å². The van der Waals surface area contributed by atoms with Crippen molar-refractivity contribution in [3.05, 3.63) is 35.6 Å². The van der Waals surface area contributed by atoms with Gasteiger partial charge in [-0.25, -0.2) is 0 Å². The molecule has 1 nitrogen and oxygen atoms in total. The predicted octanol–water partition coefficient (Wildman–Crippen LogP) is 3.76. The number of hydrogen-bond acceptors (Lipinski definition) is 1. The topological polar surface area (TPSA) is 13.1 Å². The van der Waals surface area contributed by atoms with Crippen LogP contribution in [-0.2, 0) is 6.18 Å². The van der Waals surface area contributed by atoms with Gasteiger partial charge in [0.15, 0.2) is 0 Å². The second-order valence-corrected chi connectivity index (χ2v) is 3.11. The molecule has 4 heteroatoms. The van der Waals surface area contributed by atoms with E-state index in [9.17, 15) is 13.2 Å². The molecule has 0 saturated carbocycles. The molecular formula is C10H7F3O. The maximum atomic E-state index is 12.3. The van der Waals surface area contributed by atoms with E-state index in [1.165, 1.54) is 6.07 Å². The van der Waals surface area contributed by atoms with Gasteiger partial charge in [-0.1, -0.05) is 6.07 Å². The summed E-state index contributed by atoms with van der Waals surface area (Å²) < 4.78 is 41.9. The van der Waals surface area contributed by atoms with Crippen molar-refractivity contribution in [2.45, 2.75) is 13.1 Å². The number of aryl methyl sites for hydroxylation is 1. The second kappa shape index (κ2) is 2.77. The smallest absolute Gasteiger partial charge is 0.416 e. The first-order chi connectivity index (χ1) is 6.47. The van der Waals surface area contributed by atoms with E-state index in [0.29, 0.717) is 11.1 Å². The van der Waals surface area contributed by atoms with Gasteiger partial charge in [0.05, 0.1) is 5.56 Å². The fourth-order valence-electron chi connectivity index (χ4n) is 1.34. The van der Waals surface area contributed by atoms with Crippen LogP contribution in [0.2, 0.25) is 0 Å². The first-order valence-electron chi connectivity index (χ1n) is 4.04. The van der Waals surface area contributed by atoms with Gasteiger partial charge in [-0.3, -0.25) is 0 Å². The predicted molar refractivity (Wildman–Crippen MR) is 46.0 cm³/mol. The van der Waals surface area contributed by atoms with Gasteiger partial charge < -0.3 is 4.42 Å². The number of furan rings is 1. The third-order valence-corrected chi connectivity index (χ3v) is 1.97. The van der Waals surface area contributed by atoms with Gasteiger partial charge >= 0.3 is 6.18 Å². The summed E-state index contributed by atoms with van der Waals surface area (Å²) in [7, 11) is 0. The van der Waals surface area contributed by atoms with Gasteiger partial charge in [0.25, 0.3) is 0 Å². The second-order valence-electron chi connectivity index (χ2n) is 3.11. The van der Waals surface area contributed by atoms with Crippen molar-refractivity contribution in [1.82, 2.24) is 0 Å². The molecule has 1 heterocycles. The SMILES string of the molecule is Cc1cc2ccc(C(F)(F)F)cc2o1. The van der Waals surface area contributed by atoms with Crippen LogP contribution in [0, 0.1) is 6.92 Å². The minimum Gasteiger partial charge on any atom is -0.461 e. The van der Waals surface area contributed by atoms with Gasteiger partial charge in [0.1, 0.15) is 11.3 Å². The van der Waals surface area contributed by atoms with E-state index in [0.717, 1.165) is 12.1 Å². The number of fused-ring (bicyclic) bond motifs is 1. The van der Waals surface area contributed by atoms with Crippen LogP contribution in [0.5, 0.6) is 0 Å². The van der Waals surface area contributed by atoms with E-state index >= 15 is 0 Å². The van der Waals surface area contributed by atoms with Crippen LogP contribution in [0.3, 0.4) is 0 Å². The first kappa shape index (κ1) is 9.12. The van der Waals surface area contributed by atoms with E-state index in [-0.39, 0.29) is 5.58 Å². The Labute approximate surface area is 78.1 Å². The Hall–Kier alpha value is -1.45. The van der Waals surface area contributed by atoms with Gasteiger partial charge in [0, 0.05) is 5.39 Å². The maximum Gasteiger partial charge on any atom is 0.416 e. The normalized spacial score (nSPS) is 12.3. The molecule has 0 bridgehead atoms. The average Bonchev–Trinajstić information content (AvgIpc) is 2.41. The van der Waals surface area contributed by atoms with Gasteiger partial charge in [-0.2, -0.15) is 13.2 Å². The highest BCUT2D eigenvalue weighted by Gasteiger charge is 2.30. The number of alkyl halides is 3. The van der Waals surface area contributed by atoms with E-state index in [2.05, 4.69) is 0 Å². The largest absolute Gasteiger partial charge is 0.461 e. The molecular weight excluding hydrogens is 193 g/mol. The van der Waals surface area contributed by atoms with E-state index < -0.39 is 11.7 Å². The maximum absolute atomic E-state index is 12.3. The number of benzene rings is 1. The molecule has 0 fully saturated rings. The molecule has 0 radical (unpaired) electrons. The Morgan fingerprint density at radius 1 is 1.14 bits per heavy atom. The monoisotopic (exact) mass is 200 g/mol. The summed E-state index contributed by atoms with van der Waals surface area (Å²) in [6, 6.07) is 5.18. The van der Waals surface area contributed by atoms with Gasteiger partial charge in [0.2, 0.25) is 0 Å². The van der Waals surface area contributed by atoms with Crippen LogP contribution in [0.25, 0.3) is 11.0 Å². The third-order valence-electron chi connectivity index (χ3n) is 1.97. The number of rotatable bonds is 0. The molecule has 0 aliphatic carbocycles. The van der Waals surface area contributed by atoms with Crippen molar-refractivity contribution in [3.63, 3.8) is 0 Å². The molecule has 74 valence electrons. The highest BCUT2D eigenvalue weighted by molar-refractivity contribution is 5.78. The lowest BCUT2D eigenvalue weighted by Gasteiger charge is -2.04. The highest BCUT2D eigenvalue weighted by atomic mass is 19.4. The first-order valence-corrected chi connectivity index (χ1v) is 4.04. The lowest BCUT2D eigenvalue weighted by Crippen LogP contribution is -2.03. The van der Waals surface area contributed by atoms with Crippen LogP contribution in [0.15, 0.2) is 28.7 Å². The quantitative estimate of drug-likeness (QED) is 0.631.